The van der Waals surface area contributed by atoms with Crippen LogP contribution in [0.2, 0.25) is 0 Å². The minimum Gasteiger partial charge on any atom is -0.330 e. The van der Waals surface area contributed by atoms with E-state index in [0.29, 0.717) is 19.4 Å². The molecule has 0 amide bonds. The summed E-state index contributed by atoms with van der Waals surface area (Å²) in [6, 6.07) is 3.71. The lowest BCUT2D eigenvalue weighted by atomic mass is 10.1. The van der Waals surface area contributed by atoms with Gasteiger partial charge in [0.25, 0.3) is 0 Å². The Balaban J connectivity index is 2.47. The number of ketones is 1. The van der Waals surface area contributed by atoms with Gasteiger partial charge in [-0.1, -0.05) is 6.07 Å². The Kier molecular flexibility index (Phi) is 3.41. The molecule has 3 heteroatoms. The maximum Gasteiger partial charge on any atom is 0.138 e. The van der Waals surface area contributed by atoms with Gasteiger partial charge in [-0.25, -0.2) is 0 Å². The minimum atomic E-state index is 0.172. The van der Waals surface area contributed by atoms with Crippen LogP contribution in [-0.2, 0) is 11.2 Å². The molecule has 1 heterocycles. The van der Waals surface area contributed by atoms with Gasteiger partial charge in [0.2, 0.25) is 0 Å². The zero-order valence-corrected chi connectivity index (χ0v) is 6.86. The summed E-state index contributed by atoms with van der Waals surface area (Å²) in [5.41, 5.74) is 6.20. The van der Waals surface area contributed by atoms with Crippen LogP contribution in [0.3, 0.4) is 0 Å². The first-order valence-electron chi connectivity index (χ1n) is 3.93. The SMILES string of the molecule is NCCC(=O)Cc1cccnc1. The van der Waals surface area contributed by atoms with Gasteiger partial charge >= 0.3 is 0 Å². The molecule has 0 atom stereocenters. The van der Waals surface area contributed by atoms with Crippen molar-refractivity contribution in [1.82, 2.24) is 4.98 Å². The second-order valence-electron chi connectivity index (χ2n) is 2.62. The van der Waals surface area contributed by atoms with E-state index in [1.165, 1.54) is 0 Å². The van der Waals surface area contributed by atoms with Crippen molar-refractivity contribution < 1.29 is 4.79 Å². The minimum absolute atomic E-state index is 0.172. The topological polar surface area (TPSA) is 56.0 Å². The van der Waals surface area contributed by atoms with Crippen molar-refractivity contribution in [3.8, 4) is 0 Å². The summed E-state index contributed by atoms with van der Waals surface area (Å²) in [5.74, 6) is 0.172. The van der Waals surface area contributed by atoms with Gasteiger partial charge in [0.15, 0.2) is 0 Å². The van der Waals surface area contributed by atoms with Crippen LogP contribution in [0.25, 0.3) is 0 Å². The standard InChI is InChI=1S/C9H12N2O/c10-4-3-9(12)6-8-2-1-5-11-7-8/h1-2,5,7H,3-4,6,10H2. The molecule has 12 heavy (non-hydrogen) atoms. The molecular weight excluding hydrogens is 152 g/mol. The highest BCUT2D eigenvalue weighted by molar-refractivity contribution is 5.80. The summed E-state index contributed by atoms with van der Waals surface area (Å²) in [5, 5.41) is 0. The van der Waals surface area contributed by atoms with Crippen molar-refractivity contribution in [2.45, 2.75) is 12.8 Å². The molecule has 3 nitrogen and oxygen atoms in total. The number of hydrogen-bond donors (Lipinski definition) is 1. The van der Waals surface area contributed by atoms with E-state index in [2.05, 4.69) is 4.98 Å². The Bertz CT molecular complexity index is 246. The van der Waals surface area contributed by atoms with Crippen molar-refractivity contribution in [1.29, 1.82) is 0 Å². The molecule has 0 aliphatic carbocycles. The van der Waals surface area contributed by atoms with E-state index in [0.717, 1.165) is 5.56 Å². The molecule has 0 aliphatic heterocycles. The number of aromatic nitrogens is 1. The van der Waals surface area contributed by atoms with E-state index in [1.54, 1.807) is 12.4 Å². The van der Waals surface area contributed by atoms with Crippen LogP contribution in [0.4, 0.5) is 0 Å². The Morgan fingerprint density at radius 1 is 1.58 bits per heavy atom. The zero-order valence-electron chi connectivity index (χ0n) is 6.86. The van der Waals surface area contributed by atoms with Crippen LogP contribution in [0.1, 0.15) is 12.0 Å². The van der Waals surface area contributed by atoms with Crippen molar-refractivity contribution in [3.63, 3.8) is 0 Å². The van der Waals surface area contributed by atoms with Crippen LogP contribution in [0, 0.1) is 0 Å². The first-order chi connectivity index (χ1) is 5.83. The van der Waals surface area contributed by atoms with Gasteiger partial charge in [0, 0.05) is 25.2 Å². The Labute approximate surface area is 71.6 Å². The molecule has 0 spiro atoms. The first kappa shape index (κ1) is 8.87. The Hall–Kier alpha value is -1.22. The quantitative estimate of drug-likeness (QED) is 0.706. The van der Waals surface area contributed by atoms with Crippen molar-refractivity contribution >= 4 is 5.78 Å². The summed E-state index contributed by atoms with van der Waals surface area (Å²) in [6.07, 6.45) is 4.30. The van der Waals surface area contributed by atoms with Gasteiger partial charge in [-0.3, -0.25) is 9.78 Å². The Morgan fingerprint density at radius 3 is 3.00 bits per heavy atom. The molecule has 1 aromatic rings. The summed E-state index contributed by atoms with van der Waals surface area (Å²) in [6.45, 7) is 0.430. The summed E-state index contributed by atoms with van der Waals surface area (Å²) < 4.78 is 0. The zero-order chi connectivity index (χ0) is 8.81. The number of hydrogen-bond acceptors (Lipinski definition) is 3. The van der Waals surface area contributed by atoms with E-state index in [-0.39, 0.29) is 5.78 Å². The smallest absolute Gasteiger partial charge is 0.138 e. The fourth-order valence-corrected chi connectivity index (χ4v) is 0.980. The van der Waals surface area contributed by atoms with Crippen LogP contribution in [0.15, 0.2) is 24.5 Å². The van der Waals surface area contributed by atoms with Crippen molar-refractivity contribution in [2.24, 2.45) is 5.73 Å². The second kappa shape index (κ2) is 4.62. The average molecular weight is 164 g/mol. The van der Waals surface area contributed by atoms with Crippen LogP contribution >= 0.6 is 0 Å². The highest BCUT2D eigenvalue weighted by Crippen LogP contribution is 1.98. The highest BCUT2D eigenvalue weighted by atomic mass is 16.1. The largest absolute Gasteiger partial charge is 0.330 e. The number of carbonyl (C=O) groups is 1. The molecule has 2 N–H and O–H groups in total. The van der Waals surface area contributed by atoms with E-state index < -0.39 is 0 Å². The van der Waals surface area contributed by atoms with Gasteiger partial charge in [0.05, 0.1) is 0 Å². The van der Waals surface area contributed by atoms with E-state index in [1.807, 2.05) is 12.1 Å². The fraction of sp³-hybridized carbons (Fsp3) is 0.333. The molecule has 0 aromatic carbocycles. The molecule has 64 valence electrons. The summed E-state index contributed by atoms with van der Waals surface area (Å²) in [4.78, 5) is 15.0. The van der Waals surface area contributed by atoms with Gasteiger partial charge < -0.3 is 5.73 Å². The maximum absolute atomic E-state index is 11.1. The lowest BCUT2D eigenvalue weighted by molar-refractivity contribution is -0.118. The third-order valence-electron chi connectivity index (χ3n) is 1.55. The average Bonchev–Trinajstić information content (AvgIpc) is 2.06. The first-order valence-corrected chi connectivity index (χ1v) is 3.93. The molecule has 0 saturated carbocycles. The van der Waals surface area contributed by atoms with Crippen LogP contribution < -0.4 is 5.73 Å². The maximum atomic E-state index is 11.1. The lowest BCUT2D eigenvalue weighted by Gasteiger charge is -1.97. The Morgan fingerprint density at radius 2 is 2.42 bits per heavy atom. The van der Waals surface area contributed by atoms with Gasteiger partial charge in [-0.05, 0) is 18.2 Å². The second-order valence-corrected chi connectivity index (χ2v) is 2.62. The normalized spacial score (nSPS) is 9.75. The molecule has 0 bridgehead atoms. The van der Waals surface area contributed by atoms with Gasteiger partial charge in [-0.15, -0.1) is 0 Å². The summed E-state index contributed by atoms with van der Waals surface area (Å²) in [7, 11) is 0. The molecule has 0 aliphatic rings. The van der Waals surface area contributed by atoms with Crippen LogP contribution in [0.5, 0.6) is 0 Å². The number of nitrogens with two attached hydrogens (primary N) is 1. The van der Waals surface area contributed by atoms with E-state index in [4.69, 9.17) is 5.73 Å². The third kappa shape index (κ3) is 2.80. The van der Waals surface area contributed by atoms with Gasteiger partial charge in [0.1, 0.15) is 5.78 Å². The molecule has 0 fully saturated rings. The third-order valence-corrected chi connectivity index (χ3v) is 1.55. The molecule has 0 radical (unpaired) electrons. The van der Waals surface area contributed by atoms with Crippen molar-refractivity contribution in [3.05, 3.63) is 30.1 Å². The fourth-order valence-electron chi connectivity index (χ4n) is 0.980. The van der Waals surface area contributed by atoms with Crippen molar-refractivity contribution in [2.75, 3.05) is 6.54 Å². The van der Waals surface area contributed by atoms with E-state index >= 15 is 0 Å². The highest BCUT2D eigenvalue weighted by Gasteiger charge is 2.01. The predicted octanol–water partition coefficient (Wildman–Crippen LogP) is 0.542. The molecular formula is C9H12N2O. The molecule has 0 saturated heterocycles. The number of Topliss-reactive ketones (excluding diaryl/α,β-unsaturated/α-hetero) is 1. The number of nitrogens with zero attached hydrogens (tertiary/aromatic N) is 1. The molecule has 0 unspecified atom stereocenters. The van der Waals surface area contributed by atoms with Crippen LogP contribution in [-0.4, -0.2) is 17.3 Å². The molecule has 1 rings (SSSR count). The monoisotopic (exact) mass is 164 g/mol. The number of carbonyl (C=O) groups excluding carboxylic acids is 1. The summed E-state index contributed by atoms with van der Waals surface area (Å²) >= 11 is 0. The molecule has 1 aromatic heterocycles. The lowest BCUT2D eigenvalue weighted by Crippen LogP contribution is -2.10. The number of rotatable bonds is 4. The van der Waals surface area contributed by atoms with Gasteiger partial charge in [-0.2, -0.15) is 0 Å². The predicted molar refractivity (Wildman–Crippen MR) is 46.6 cm³/mol. The van der Waals surface area contributed by atoms with E-state index in [9.17, 15) is 4.79 Å². The number of pyridine rings is 1.